The molecule has 1 unspecified atom stereocenters. The minimum atomic E-state index is -3.22. The standard InChI is InChI=1S/C18H22ClN3O3S/c1-12-16(9-14-8-15(19)5-6-17(14)21-12)18(23)22-7-3-4-13(11-22)10-20-26(2,24)25/h5-6,8-9,13,20H,3-4,7,10-11H2,1-2H3. The van der Waals surface area contributed by atoms with E-state index in [1.807, 2.05) is 19.1 Å². The van der Waals surface area contributed by atoms with E-state index in [1.54, 1.807) is 17.0 Å². The van der Waals surface area contributed by atoms with E-state index in [1.165, 1.54) is 0 Å². The van der Waals surface area contributed by atoms with Gasteiger partial charge in [0.05, 0.1) is 23.0 Å². The van der Waals surface area contributed by atoms with Crippen LogP contribution < -0.4 is 4.72 Å². The van der Waals surface area contributed by atoms with Gasteiger partial charge in [0.1, 0.15) is 0 Å². The summed E-state index contributed by atoms with van der Waals surface area (Å²) in [6.07, 6.45) is 2.90. The van der Waals surface area contributed by atoms with Crippen LogP contribution in [-0.4, -0.2) is 50.1 Å². The fourth-order valence-corrected chi connectivity index (χ4v) is 4.03. The summed E-state index contributed by atoms with van der Waals surface area (Å²) in [5.74, 6) is 0.0477. The number of aromatic nitrogens is 1. The number of hydrogen-bond donors (Lipinski definition) is 1. The van der Waals surface area contributed by atoms with Crippen LogP contribution in [0.15, 0.2) is 24.3 Å². The van der Waals surface area contributed by atoms with Crippen molar-refractivity contribution in [2.45, 2.75) is 19.8 Å². The van der Waals surface area contributed by atoms with Crippen molar-refractivity contribution < 1.29 is 13.2 Å². The molecule has 6 nitrogen and oxygen atoms in total. The lowest BCUT2D eigenvalue weighted by molar-refractivity contribution is 0.0675. The van der Waals surface area contributed by atoms with Crippen molar-refractivity contribution >= 4 is 38.4 Å². The second-order valence-corrected chi connectivity index (χ2v) is 9.11. The van der Waals surface area contributed by atoms with Crippen LogP contribution in [0.25, 0.3) is 10.9 Å². The molecule has 0 bridgehead atoms. The third-order valence-corrected chi connectivity index (χ3v) is 5.56. The third-order valence-electron chi connectivity index (χ3n) is 4.64. The van der Waals surface area contributed by atoms with Crippen molar-refractivity contribution in [3.63, 3.8) is 0 Å². The first-order valence-corrected chi connectivity index (χ1v) is 10.8. The Hall–Kier alpha value is -1.70. The molecule has 1 aliphatic heterocycles. The fourth-order valence-electron chi connectivity index (χ4n) is 3.32. The van der Waals surface area contributed by atoms with Gasteiger partial charge >= 0.3 is 0 Å². The number of nitrogens with zero attached hydrogens (tertiary/aromatic N) is 2. The van der Waals surface area contributed by atoms with Crippen LogP contribution in [0.3, 0.4) is 0 Å². The number of aryl methyl sites for hydroxylation is 1. The number of likely N-dealkylation sites (tertiary alicyclic amines) is 1. The highest BCUT2D eigenvalue weighted by Crippen LogP contribution is 2.24. The molecule has 0 spiro atoms. The first-order chi connectivity index (χ1) is 12.2. The zero-order valence-electron chi connectivity index (χ0n) is 14.8. The summed E-state index contributed by atoms with van der Waals surface area (Å²) in [7, 11) is -3.22. The first kappa shape index (κ1) is 19.1. The largest absolute Gasteiger partial charge is 0.338 e. The lowest BCUT2D eigenvalue weighted by atomic mass is 9.97. The van der Waals surface area contributed by atoms with E-state index >= 15 is 0 Å². The van der Waals surface area contributed by atoms with Crippen LogP contribution in [0.1, 0.15) is 28.9 Å². The molecule has 2 aromatic rings. The van der Waals surface area contributed by atoms with Crippen LogP contribution >= 0.6 is 11.6 Å². The number of nitrogens with one attached hydrogen (secondary N) is 1. The number of halogens is 1. The van der Waals surface area contributed by atoms with Crippen molar-refractivity contribution in [3.8, 4) is 0 Å². The summed E-state index contributed by atoms with van der Waals surface area (Å²) in [6.45, 7) is 3.39. The van der Waals surface area contributed by atoms with E-state index in [9.17, 15) is 13.2 Å². The van der Waals surface area contributed by atoms with Gasteiger partial charge in [0.25, 0.3) is 5.91 Å². The minimum Gasteiger partial charge on any atom is -0.338 e. The molecular formula is C18H22ClN3O3S. The number of piperidine rings is 1. The summed E-state index contributed by atoms with van der Waals surface area (Å²) < 4.78 is 25.1. The van der Waals surface area contributed by atoms with Gasteiger partial charge in [-0.25, -0.2) is 13.1 Å². The van der Waals surface area contributed by atoms with Crippen molar-refractivity contribution in [1.29, 1.82) is 0 Å². The van der Waals surface area contributed by atoms with Gasteiger partial charge in [0.15, 0.2) is 0 Å². The first-order valence-electron chi connectivity index (χ1n) is 8.54. The van der Waals surface area contributed by atoms with Gasteiger partial charge in [-0.3, -0.25) is 9.78 Å². The van der Waals surface area contributed by atoms with E-state index in [4.69, 9.17) is 11.6 Å². The van der Waals surface area contributed by atoms with Gasteiger partial charge < -0.3 is 4.90 Å². The number of carbonyl (C=O) groups is 1. The molecule has 26 heavy (non-hydrogen) atoms. The highest BCUT2D eigenvalue weighted by atomic mass is 35.5. The molecule has 1 fully saturated rings. The van der Waals surface area contributed by atoms with Crippen molar-refractivity contribution in [2.24, 2.45) is 5.92 Å². The average Bonchev–Trinajstić information content (AvgIpc) is 2.59. The van der Waals surface area contributed by atoms with Gasteiger partial charge in [-0.2, -0.15) is 0 Å². The van der Waals surface area contributed by atoms with Gasteiger partial charge in [0.2, 0.25) is 10.0 Å². The lowest BCUT2D eigenvalue weighted by Gasteiger charge is -2.33. The van der Waals surface area contributed by atoms with E-state index in [-0.39, 0.29) is 11.8 Å². The zero-order chi connectivity index (χ0) is 18.9. The Bertz CT molecular complexity index is 946. The van der Waals surface area contributed by atoms with Crippen molar-refractivity contribution in [1.82, 2.24) is 14.6 Å². The van der Waals surface area contributed by atoms with Crippen LogP contribution in [-0.2, 0) is 10.0 Å². The predicted octanol–water partition coefficient (Wildman–Crippen LogP) is 2.60. The topological polar surface area (TPSA) is 79.4 Å². The predicted molar refractivity (Wildman–Crippen MR) is 103 cm³/mol. The van der Waals surface area contributed by atoms with E-state index in [0.29, 0.717) is 35.9 Å². The number of sulfonamides is 1. The van der Waals surface area contributed by atoms with Crippen LogP contribution in [0, 0.1) is 12.8 Å². The summed E-state index contributed by atoms with van der Waals surface area (Å²) in [5, 5.41) is 1.44. The summed E-state index contributed by atoms with van der Waals surface area (Å²) in [5.41, 5.74) is 2.05. The molecule has 1 atom stereocenters. The molecule has 1 aromatic carbocycles. The Morgan fingerprint density at radius 3 is 2.88 bits per heavy atom. The van der Waals surface area contributed by atoms with Gasteiger partial charge in [0, 0.05) is 30.0 Å². The molecule has 1 N–H and O–H groups in total. The monoisotopic (exact) mass is 395 g/mol. The number of pyridine rings is 1. The molecule has 0 aliphatic carbocycles. The maximum absolute atomic E-state index is 13.0. The number of hydrogen-bond acceptors (Lipinski definition) is 4. The molecule has 3 rings (SSSR count). The molecule has 1 aliphatic rings. The second kappa shape index (κ2) is 7.50. The Kier molecular flexibility index (Phi) is 5.50. The highest BCUT2D eigenvalue weighted by molar-refractivity contribution is 7.88. The van der Waals surface area contributed by atoms with Crippen LogP contribution in [0.4, 0.5) is 0 Å². The molecule has 1 saturated heterocycles. The molecule has 0 saturated carbocycles. The Labute approximate surface area is 158 Å². The van der Waals surface area contributed by atoms with Gasteiger partial charge in [-0.05, 0) is 49.9 Å². The Balaban J connectivity index is 1.79. The smallest absolute Gasteiger partial charge is 0.255 e. The van der Waals surface area contributed by atoms with E-state index < -0.39 is 10.0 Å². The number of rotatable bonds is 4. The SMILES string of the molecule is Cc1nc2ccc(Cl)cc2cc1C(=O)N1CCCC(CNS(C)(=O)=O)C1. The number of fused-ring (bicyclic) bond motifs is 1. The minimum absolute atomic E-state index is 0.0686. The summed E-state index contributed by atoms with van der Waals surface area (Å²) in [4.78, 5) is 19.3. The fraction of sp³-hybridized carbons (Fsp3) is 0.444. The maximum atomic E-state index is 13.0. The molecular weight excluding hydrogens is 374 g/mol. The summed E-state index contributed by atoms with van der Waals surface area (Å²) in [6, 6.07) is 7.26. The molecule has 8 heteroatoms. The maximum Gasteiger partial charge on any atom is 0.255 e. The number of benzene rings is 1. The normalized spacial score (nSPS) is 18.3. The summed E-state index contributed by atoms with van der Waals surface area (Å²) >= 11 is 6.05. The molecule has 1 aromatic heterocycles. The zero-order valence-corrected chi connectivity index (χ0v) is 16.4. The average molecular weight is 396 g/mol. The van der Waals surface area contributed by atoms with Crippen molar-refractivity contribution in [2.75, 3.05) is 25.9 Å². The molecule has 140 valence electrons. The number of carbonyl (C=O) groups excluding carboxylic acids is 1. The van der Waals surface area contributed by atoms with E-state index in [2.05, 4.69) is 9.71 Å². The molecule has 0 radical (unpaired) electrons. The Morgan fingerprint density at radius 2 is 2.15 bits per heavy atom. The van der Waals surface area contributed by atoms with Gasteiger partial charge in [-0.15, -0.1) is 0 Å². The van der Waals surface area contributed by atoms with Crippen LogP contribution in [0.5, 0.6) is 0 Å². The van der Waals surface area contributed by atoms with Crippen LogP contribution in [0.2, 0.25) is 5.02 Å². The van der Waals surface area contributed by atoms with Crippen molar-refractivity contribution in [3.05, 3.63) is 40.5 Å². The van der Waals surface area contributed by atoms with Gasteiger partial charge in [-0.1, -0.05) is 11.6 Å². The third kappa shape index (κ3) is 4.52. The van der Waals surface area contributed by atoms with E-state index in [0.717, 1.165) is 30.0 Å². The quantitative estimate of drug-likeness (QED) is 0.862. The number of amides is 1. The lowest BCUT2D eigenvalue weighted by Crippen LogP contribution is -2.43. The highest BCUT2D eigenvalue weighted by Gasteiger charge is 2.26. The molecule has 2 heterocycles. The Morgan fingerprint density at radius 1 is 1.38 bits per heavy atom. The molecule has 1 amide bonds. The second-order valence-electron chi connectivity index (χ2n) is 6.84.